The highest BCUT2D eigenvalue weighted by Gasteiger charge is 2.42. The zero-order valence-corrected chi connectivity index (χ0v) is 11.1. The van der Waals surface area contributed by atoms with E-state index in [9.17, 15) is 9.90 Å². The van der Waals surface area contributed by atoms with Gasteiger partial charge in [-0.15, -0.1) is 0 Å². The quantitative estimate of drug-likeness (QED) is 0.861. The van der Waals surface area contributed by atoms with Crippen molar-refractivity contribution in [2.75, 3.05) is 31.7 Å². The van der Waals surface area contributed by atoms with Gasteiger partial charge in [0, 0.05) is 39.2 Å². The number of anilines is 1. The smallest absolute Gasteiger partial charge is 0.311 e. The Hall–Kier alpha value is -1.69. The highest BCUT2D eigenvalue weighted by molar-refractivity contribution is 5.75. The molecule has 0 radical (unpaired) electrons. The van der Waals surface area contributed by atoms with Crippen molar-refractivity contribution in [1.29, 1.82) is 0 Å². The van der Waals surface area contributed by atoms with Crippen molar-refractivity contribution in [2.45, 2.75) is 19.3 Å². The maximum Gasteiger partial charge on any atom is 0.311 e. The first-order chi connectivity index (χ1) is 9.18. The van der Waals surface area contributed by atoms with E-state index in [1.165, 1.54) is 0 Å². The lowest BCUT2D eigenvalue weighted by Gasteiger charge is -2.39. The van der Waals surface area contributed by atoms with Gasteiger partial charge in [0.2, 0.25) is 5.95 Å². The first-order valence-electron chi connectivity index (χ1n) is 6.42. The molecule has 19 heavy (non-hydrogen) atoms. The second-order valence-corrected chi connectivity index (χ2v) is 4.90. The summed E-state index contributed by atoms with van der Waals surface area (Å²) in [4.78, 5) is 22.0. The molecule has 1 saturated heterocycles. The highest BCUT2D eigenvalue weighted by atomic mass is 16.5. The van der Waals surface area contributed by atoms with Crippen LogP contribution in [-0.2, 0) is 9.53 Å². The van der Waals surface area contributed by atoms with Crippen molar-refractivity contribution in [3.63, 3.8) is 0 Å². The molecule has 2 rings (SSSR count). The third-order valence-electron chi connectivity index (χ3n) is 3.65. The minimum Gasteiger partial charge on any atom is -0.481 e. The molecular formula is C13H19N3O3. The van der Waals surface area contributed by atoms with Crippen molar-refractivity contribution in [3.8, 4) is 0 Å². The van der Waals surface area contributed by atoms with Gasteiger partial charge < -0.3 is 14.7 Å². The lowest BCUT2D eigenvalue weighted by Crippen LogP contribution is -2.49. The number of ether oxygens (including phenoxy) is 1. The molecule has 1 aliphatic rings. The Morgan fingerprint density at radius 1 is 1.53 bits per heavy atom. The molecule has 0 spiro atoms. The Labute approximate surface area is 112 Å². The van der Waals surface area contributed by atoms with Gasteiger partial charge in [-0.1, -0.05) is 0 Å². The number of carboxylic acids is 1. The zero-order chi connectivity index (χ0) is 13.7. The SMILES string of the molecule is COCC[C@]1(C(=O)O)CCCN(c2ncccn2)C1. The van der Waals surface area contributed by atoms with E-state index in [0.717, 1.165) is 13.0 Å². The molecule has 0 amide bonds. The van der Waals surface area contributed by atoms with E-state index in [2.05, 4.69) is 9.97 Å². The Bertz CT molecular complexity index is 426. The number of aromatic nitrogens is 2. The molecule has 1 aromatic rings. The summed E-state index contributed by atoms with van der Waals surface area (Å²) in [5.41, 5.74) is -0.756. The van der Waals surface area contributed by atoms with Crippen LogP contribution in [0.2, 0.25) is 0 Å². The normalized spacial score (nSPS) is 23.3. The molecule has 0 aliphatic carbocycles. The van der Waals surface area contributed by atoms with Gasteiger partial charge in [-0.05, 0) is 25.3 Å². The molecule has 6 heteroatoms. The van der Waals surface area contributed by atoms with Crippen LogP contribution in [0.1, 0.15) is 19.3 Å². The van der Waals surface area contributed by atoms with Crippen molar-refractivity contribution in [3.05, 3.63) is 18.5 Å². The fraction of sp³-hybridized carbons (Fsp3) is 0.615. The summed E-state index contributed by atoms with van der Waals surface area (Å²) >= 11 is 0. The van der Waals surface area contributed by atoms with Gasteiger partial charge in [-0.25, -0.2) is 9.97 Å². The van der Waals surface area contributed by atoms with E-state index in [4.69, 9.17) is 4.74 Å². The van der Waals surface area contributed by atoms with Gasteiger partial charge in [-0.2, -0.15) is 0 Å². The molecule has 6 nitrogen and oxygen atoms in total. The number of carbonyl (C=O) groups is 1. The highest BCUT2D eigenvalue weighted by Crippen LogP contribution is 2.35. The van der Waals surface area contributed by atoms with E-state index < -0.39 is 11.4 Å². The first-order valence-corrected chi connectivity index (χ1v) is 6.42. The minimum atomic E-state index is -0.759. The number of piperidine rings is 1. The number of carboxylic acid groups (broad SMARTS) is 1. The summed E-state index contributed by atoms with van der Waals surface area (Å²) in [5, 5.41) is 9.56. The molecule has 104 valence electrons. The second kappa shape index (κ2) is 5.97. The second-order valence-electron chi connectivity index (χ2n) is 4.90. The van der Waals surface area contributed by atoms with Gasteiger partial charge in [0.15, 0.2) is 0 Å². The van der Waals surface area contributed by atoms with Crippen LogP contribution < -0.4 is 4.90 Å². The maximum absolute atomic E-state index is 11.6. The Morgan fingerprint density at radius 3 is 2.89 bits per heavy atom. The van der Waals surface area contributed by atoms with Crippen LogP contribution in [-0.4, -0.2) is 47.8 Å². The summed E-state index contributed by atoms with van der Waals surface area (Å²) in [6.07, 6.45) is 5.37. The van der Waals surface area contributed by atoms with Crippen LogP contribution in [0.5, 0.6) is 0 Å². The van der Waals surface area contributed by atoms with Gasteiger partial charge in [0.05, 0.1) is 5.41 Å². The van der Waals surface area contributed by atoms with E-state index in [1.54, 1.807) is 25.6 Å². The number of aliphatic carboxylic acids is 1. The summed E-state index contributed by atoms with van der Waals surface area (Å²) < 4.78 is 5.05. The average Bonchev–Trinajstić information content (AvgIpc) is 2.46. The molecule has 1 aliphatic heterocycles. The van der Waals surface area contributed by atoms with E-state index in [1.807, 2.05) is 4.90 Å². The average molecular weight is 265 g/mol. The van der Waals surface area contributed by atoms with Crippen molar-refractivity contribution in [1.82, 2.24) is 9.97 Å². The van der Waals surface area contributed by atoms with Crippen LogP contribution in [0.15, 0.2) is 18.5 Å². The maximum atomic E-state index is 11.6. The monoisotopic (exact) mass is 265 g/mol. The van der Waals surface area contributed by atoms with Crippen LogP contribution in [0.25, 0.3) is 0 Å². The molecular weight excluding hydrogens is 246 g/mol. The molecule has 1 aromatic heterocycles. The number of hydrogen-bond donors (Lipinski definition) is 1. The molecule has 0 bridgehead atoms. The van der Waals surface area contributed by atoms with E-state index in [-0.39, 0.29) is 0 Å². The van der Waals surface area contributed by atoms with Crippen LogP contribution in [0, 0.1) is 5.41 Å². The summed E-state index contributed by atoms with van der Waals surface area (Å²) in [6, 6.07) is 1.75. The standard InChI is InChI=1S/C13H19N3O3/c1-19-9-5-13(11(17)18)4-2-8-16(10-13)12-14-6-3-7-15-12/h3,6-7H,2,4-5,8-10H2,1H3,(H,17,18)/t13-/m1/s1. The van der Waals surface area contributed by atoms with Gasteiger partial charge >= 0.3 is 5.97 Å². The van der Waals surface area contributed by atoms with Crippen molar-refractivity contribution >= 4 is 11.9 Å². The summed E-state index contributed by atoms with van der Waals surface area (Å²) in [6.45, 7) is 1.69. The molecule has 0 saturated carbocycles. The Balaban J connectivity index is 2.15. The summed E-state index contributed by atoms with van der Waals surface area (Å²) in [5.74, 6) is -0.157. The number of rotatable bonds is 5. The topological polar surface area (TPSA) is 75.6 Å². The van der Waals surface area contributed by atoms with Crippen LogP contribution in [0.4, 0.5) is 5.95 Å². The molecule has 1 fully saturated rings. The third-order valence-corrected chi connectivity index (χ3v) is 3.65. The lowest BCUT2D eigenvalue weighted by molar-refractivity contribution is -0.150. The molecule has 2 heterocycles. The molecule has 1 atom stereocenters. The predicted molar refractivity (Wildman–Crippen MR) is 70.0 cm³/mol. The van der Waals surface area contributed by atoms with Gasteiger partial charge in [0.25, 0.3) is 0 Å². The van der Waals surface area contributed by atoms with Crippen molar-refractivity contribution < 1.29 is 14.6 Å². The number of methoxy groups -OCH3 is 1. The minimum absolute atomic E-state index is 0.440. The molecule has 0 aromatic carbocycles. The van der Waals surface area contributed by atoms with Crippen LogP contribution >= 0.6 is 0 Å². The van der Waals surface area contributed by atoms with E-state index >= 15 is 0 Å². The molecule has 0 unspecified atom stereocenters. The fourth-order valence-corrected chi connectivity index (χ4v) is 2.54. The Kier molecular flexibility index (Phi) is 4.31. The lowest BCUT2D eigenvalue weighted by atomic mass is 9.77. The molecule has 1 N–H and O–H groups in total. The van der Waals surface area contributed by atoms with Crippen LogP contribution in [0.3, 0.4) is 0 Å². The third kappa shape index (κ3) is 3.01. The zero-order valence-electron chi connectivity index (χ0n) is 11.1. The number of hydrogen-bond acceptors (Lipinski definition) is 5. The first kappa shape index (κ1) is 13.7. The summed E-state index contributed by atoms with van der Waals surface area (Å²) in [7, 11) is 1.59. The van der Waals surface area contributed by atoms with Gasteiger partial charge in [0.1, 0.15) is 0 Å². The predicted octanol–water partition coefficient (Wildman–Crippen LogP) is 1.18. The van der Waals surface area contributed by atoms with Gasteiger partial charge in [-0.3, -0.25) is 4.79 Å². The van der Waals surface area contributed by atoms with Crippen molar-refractivity contribution in [2.24, 2.45) is 5.41 Å². The van der Waals surface area contributed by atoms with E-state index in [0.29, 0.717) is 31.9 Å². The number of nitrogens with zero attached hydrogens (tertiary/aromatic N) is 3. The Morgan fingerprint density at radius 2 is 2.26 bits per heavy atom. The fourth-order valence-electron chi connectivity index (χ4n) is 2.54. The largest absolute Gasteiger partial charge is 0.481 e.